The molecule has 0 aliphatic rings. The highest BCUT2D eigenvalue weighted by Crippen LogP contribution is 2.33. The van der Waals surface area contributed by atoms with E-state index in [9.17, 15) is 28.2 Å². The number of hydrogen-bond donors (Lipinski definition) is 6. The van der Waals surface area contributed by atoms with Gasteiger partial charge in [-0.05, 0) is 84.9 Å². The summed E-state index contributed by atoms with van der Waals surface area (Å²) in [5, 5.41) is 25.4. The maximum absolute atomic E-state index is 13.3. The summed E-state index contributed by atoms with van der Waals surface area (Å²) in [4.78, 5) is 24.6. The van der Waals surface area contributed by atoms with Gasteiger partial charge in [-0.3, -0.25) is 9.59 Å². The summed E-state index contributed by atoms with van der Waals surface area (Å²) in [5.74, 6) is -1.85. The van der Waals surface area contributed by atoms with Gasteiger partial charge >= 0.3 is 0 Å². The van der Waals surface area contributed by atoms with Gasteiger partial charge in [0.15, 0.2) is 0 Å². The highest BCUT2D eigenvalue weighted by molar-refractivity contribution is 7.91. The molecule has 0 radical (unpaired) electrons. The Labute approximate surface area is 212 Å². The largest absolute Gasteiger partial charge is 0.506 e. The third-order valence-electron chi connectivity index (χ3n) is 5.40. The number of amides is 2. The molecular formula is C26H22N4O6S. The number of carbonyl (C=O) groups excluding carboxylic acids is 2. The van der Waals surface area contributed by atoms with Crippen LogP contribution < -0.4 is 22.1 Å². The van der Waals surface area contributed by atoms with E-state index in [0.29, 0.717) is 11.4 Å². The van der Waals surface area contributed by atoms with E-state index in [-0.39, 0.29) is 43.8 Å². The average molecular weight is 519 g/mol. The molecule has 0 unspecified atom stereocenters. The fraction of sp³-hybridized carbons (Fsp3) is 0. The first kappa shape index (κ1) is 25.1. The van der Waals surface area contributed by atoms with E-state index < -0.39 is 21.7 Å². The first-order valence-electron chi connectivity index (χ1n) is 10.8. The van der Waals surface area contributed by atoms with Gasteiger partial charge in [0.2, 0.25) is 9.84 Å². The van der Waals surface area contributed by atoms with Crippen LogP contribution in [0.4, 0.5) is 22.7 Å². The molecular weight excluding hydrogens is 496 g/mol. The Kier molecular flexibility index (Phi) is 6.72. The van der Waals surface area contributed by atoms with Crippen molar-refractivity contribution in [1.82, 2.24) is 0 Å². The maximum atomic E-state index is 13.3. The number of nitrogens with two attached hydrogens (primary N) is 2. The van der Waals surface area contributed by atoms with Crippen LogP contribution in [-0.4, -0.2) is 30.4 Å². The molecule has 0 bridgehead atoms. The van der Waals surface area contributed by atoms with Crippen molar-refractivity contribution in [2.45, 2.75) is 9.79 Å². The number of hydrogen-bond acceptors (Lipinski definition) is 8. The molecule has 0 spiro atoms. The Morgan fingerprint density at radius 3 is 1.30 bits per heavy atom. The van der Waals surface area contributed by atoms with Crippen molar-refractivity contribution in [3.63, 3.8) is 0 Å². The lowest BCUT2D eigenvalue weighted by Crippen LogP contribution is -2.13. The molecule has 8 N–H and O–H groups in total. The Bertz CT molecular complexity index is 1490. The van der Waals surface area contributed by atoms with Gasteiger partial charge < -0.3 is 32.3 Å². The van der Waals surface area contributed by atoms with Crippen LogP contribution in [0.25, 0.3) is 0 Å². The van der Waals surface area contributed by atoms with Crippen molar-refractivity contribution >= 4 is 44.4 Å². The minimum atomic E-state index is -4.19. The minimum Gasteiger partial charge on any atom is -0.506 e. The molecule has 4 rings (SSSR count). The van der Waals surface area contributed by atoms with Crippen molar-refractivity contribution in [1.29, 1.82) is 0 Å². The van der Waals surface area contributed by atoms with E-state index >= 15 is 0 Å². The number of nitrogens with one attached hydrogen (secondary N) is 2. The predicted molar refractivity (Wildman–Crippen MR) is 139 cm³/mol. The summed E-state index contributed by atoms with van der Waals surface area (Å²) >= 11 is 0. The lowest BCUT2D eigenvalue weighted by atomic mass is 10.2. The smallest absolute Gasteiger partial charge is 0.255 e. The predicted octanol–water partition coefficient (Wildman–Crippen LogP) is 3.60. The molecule has 4 aromatic rings. The maximum Gasteiger partial charge on any atom is 0.255 e. The number of benzene rings is 4. The molecule has 0 saturated carbocycles. The zero-order chi connectivity index (χ0) is 26.7. The molecule has 0 aliphatic heterocycles. The summed E-state index contributed by atoms with van der Waals surface area (Å²) < 4.78 is 26.7. The van der Waals surface area contributed by atoms with Crippen LogP contribution in [0.3, 0.4) is 0 Å². The average Bonchev–Trinajstić information content (AvgIpc) is 2.87. The van der Waals surface area contributed by atoms with Gasteiger partial charge in [-0.2, -0.15) is 0 Å². The van der Waals surface area contributed by atoms with Gasteiger partial charge in [-0.1, -0.05) is 0 Å². The second-order valence-corrected chi connectivity index (χ2v) is 9.96. The number of sulfone groups is 1. The lowest BCUT2D eigenvalue weighted by Gasteiger charge is -2.13. The number of anilines is 4. The molecule has 11 heteroatoms. The van der Waals surface area contributed by atoms with Crippen LogP contribution in [0.15, 0.2) is 94.7 Å². The summed E-state index contributed by atoms with van der Waals surface area (Å²) in [6, 6.07) is 18.9. The second kappa shape index (κ2) is 9.91. The van der Waals surface area contributed by atoms with Gasteiger partial charge in [0.25, 0.3) is 11.8 Å². The summed E-state index contributed by atoms with van der Waals surface area (Å²) in [6.45, 7) is 0. The Hall–Kier alpha value is -5.03. The zero-order valence-corrected chi connectivity index (χ0v) is 20.0. The van der Waals surface area contributed by atoms with Gasteiger partial charge in [-0.15, -0.1) is 0 Å². The molecule has 2 amide bonds. The SMILES string of the molecule is Nc1ccc(C(=O)Nc2cc(S(=O)(=O)c3ccc(O)c(NC(=O)c4ccc(N)cc4)c3)ccc2O)cc1. The molecule has 0 heterocycles. The molecule has 0 aromatic heterocycles. The van der Waals surface area contributed by atoms with E-state index in [1.807, 2.05) is 0 Å². The van der Waals surface area contributed by atoms with Gasteiger partial charge in [-0.25, -0.2) is 8.42 Å². The fourth-order valence-electron chi connectivity index (χ4n) is 3.36. The van der Waals surface area contributed by atoms with Crippen LogP contribution in [0.5, 0.6) is 11.5 Å². The summed E-state index contributed by atoms with van der Waals surface area (Å²) in [5.41, 5.74) is 12.4. The topological polar surface area (TPSA) is 185 Å². The molecule has 0 atom stereocenters. The third-order valence-corrected chi connectivity index (χ3v) is 7.15. The lowest BCUT2D eigenvalue weighted by molar-refractivity contribution is 0.101. The van der Waals surface area contributed by atoms with Crippen LogP contribution >= 0.6 is 0 Å². The number of rotatable bonds is 6. The third kappa shape index (κ3) is 5.46. The van der Waals surface area contributed by atoms with Crippen LogP contribution in [-0.2, 0) is 9.84 Å². The van der Waals surface area contributed by atoms with Crippen LogP contribution in [0, 0.1) is 0 Å². The molecule has 0 aliphatic carbocycles. The quantitative estimate of drug-likeness (QED) is 0.165. The number of nitrogen functional groups attached to an aromatic ring is 2. The fourth-order valence-corrected chi connectivity index (χ4v) is 4.67. The van der Waals surface area contributed by atoms with E-state index in [2.05, 4.69) is 10.6 Å². The van der Waals surface area contributed by atoms with Gasteiger partial charge in [0.1, 0.15) is 11.5 Å². The molecule has 4 aromatic carbocycles. The minimum absolute atomic E-state index is 0.126. The first-order chi connectivity index (χ1) is 17.5. The normalized spacial score (nSPS) is 11.0. The number of carbonyl (C=O) groups is 2. The van der Waals surface area contributed by atoms with Crippen molar-refractivity contribution in [2.75, 3.05) is 22.1 Å². The molecule has 0 fully saturated rings. The van der Waals surface area contributed by atoms with Crippen LogP contribution in [0.1, 0.15) is 20.7 Å². The standard InChI is InChI=1S/C26H22N4O6S/c27-17-5-1-15(2-6-17)25(33)29-21-13-19(9-11-23(21)31)37(35,36)20-10-12-24(32)22(14-20)30-26(34)16-3-7-18(28)8-4-16/h1-14,31-32H,27-28H2,(H,29,33)(H,30,34). The first-order valence-corrected chi connectivity index (χ1v) is 12.3. The molecule has 188 valence electrons. The molecule has 0 saturated heterocycles. The zero-order valence-electron chi connectivity index (χ0n) is 19.2. The van der Waals surface area contributed by atoms with E-state index in [0.717, 1.165) is 24.3 Å². The van der Waals surface area contributed by atoms with Gasteiger partial charge in [0.05, 0.1) is 21.2 Å². The highest BCUT2D eigenvalue weighted by Gasteiger charge is 2.22. The van der Waals surface area contributed by atoms with E-state index in [1.54, 1.807) is 0 Å². The van der Waals surface area contributed by atoms with Gasteiger partial charge in [0, 0.05) is 22.5 Å². The Balaban J connectivity index is 1.61. The second-order valence-electron chi connectivity index (χ2n) is 8.01. The van der Waals surface area contributed by atoms with Crippen molar-refractivity contribution in [3.8, 4) is 11.5 Å². The molecule has 10 nitrogen and oxygen atoms in total. The Morgan fingerprint density at radius 1 is 0.595 bits per heavy atom. The highest BCUT2D eigenvalue weighted by atomic mass is 32.2. The summed E-state index contributed by atoms with van der Waals surface area (Å²) in [6.07, 6.45) is 0. The molecule has 37 heavy (non-hydrogen) atoms. The number of aromatic hydroxyl groups is 2. The van der Waals surface area contributed by atoms with Crippen molar-refractivity contribution in [3.05, 3.63) is 96.1 Å². The van der Waals surface area contributed by atoms with E-state index in [1.165, 1.54) is 60.7 Å². The van der Waals surface area contributed by atoms with Crippen LogP contribution in [0.2, 0.25) is 0 Å². The number of phenols is 2. The number of phenolic OH excluding ortho intramolecular Hbond substituents is 2. The van der Waals surface area contributed by atoms with Crippen molar-refractivity contribution in [2.24, 2.45) is 0 Å². The Morgan fingerprint density at radius 2 is 0.946 bits per heavy atom. The summed E-state index contributed by atoms with van der Waals surface area (Å²) in [7, 11) is -4.19. The van der Waals surface area contributed by atoms with Crippen molar-refractivity contribution < 1.29 is 28.2 Å². The monoisotopic (exact) mass is 518 g/mol. The van der Waals surface area contributed by atoms with E-state index in [4.69, 9.17) is 11.5 Å².